The first-order valence-electron chi connectivity index (χ1n) is 6.46. The van der Waals surface area contributed by atoms with Crippen molar-refractivity contribution in [3.63, 3.8) is 0 Å². The van der Waals surface area contributed by atoms with Crippen LogP contribution in [-0.2, 0) is 11.5 Å². The van der Waals surface area contributed by atoms with E-state index in [1.165, 1.54) is 20.3 Å². The van der Waals surface area contributed by atoms with E-state index in [2.05, 4.69) is 0 Å². The van der Waals surface area contributed by atoms with Gasteiger partial charge in [0.25, 0.3) is 0 Å². The molecular weight excluding hydrogens is 288 g/mol. The Balaban J connectivity index is 2.00. The second-order valence-corrected chi connectivity index (χ2v) is 4.38. The summed E-state index contributed by atoms with van der Waals surface area (Å²) in [6.07, 6.45) is 0.718. The van der Waals surface area contributed by atoms with Crippen LogP contribution in [0.3, 0.4) is 0 Å². The van der Waals surface area contributed by atoms with Crippen molar-refractivity contribution >= 4 is 6.29 Å². The van der Waals surface area contributed by atoms with Crippen LogP contribution in [0.2, 0.25) is 0 Å². The van der Waals surface area contributed by atoms with Crippen LogP contribution in [0.15, 0.2) is 36.4 Å². The molecule has 0 aliphatic carbocycles. The van der Waals surface area contributed by atoms with Crippen LogP contribution in [0.4, 0.5) is 0 Å². The monoisotopic (exact) mass is 304 g/mol. The van der Waals surface area contributed by atoms with Gasteiger partial charge in [0.05, 0.1) is 14.2 Å². The molecule has 0 saturated heterocycles. The van der Waals surface area contributed by atoms with E-state index in [-0.39, 0.29) is 12.4 Å². The number of hydrogen-bond donors (Lipinski definition) is 1. The van der Waals surface area contributed by atoms with Gasteiger partial charge in [-0.15, -0.1) is 0 Å². The van der Waals surface area contributed by atoms with E-state index in [1.807, 2.05) is 0 Å². The molecule has 0 aliphatic rings. The number of hydrogen-bond acceptors (Lipinski definition) is 6. The minimum atomic E-state index is 0.0540. The van der Waals surface area contributed by atoms with Crippen LogP contribution in [0.25, 0.3) is 0 Å². The number of aromatic hydroxyl groups is 1. The first kappa shape index (κ1) is 15.7. The number of methoxy groups -OCH3 is 2. The molecule has 0 spiro atoms. The Morgan fingerprint density at radius 2 is 1.77 bits per heavy atom. The third-order valence-corrected chi connectivity index (χ3v) is 2.94. The van der Waals surface area contributed by atoms with E-state index in [1.54, 1.807) is 30.3 Å². The molecule has 6 nitrogen and oxygen atoms in total. The number of aldehydes is 1. The van der Waals surface area contributed by atoms with Crippen LogP contribution in [0.5, 0.6) is 23.0 Å². The lowest BCUT2D eigenvalue weighted by Gasteiger charge is -2.10. The quantitative estimate of drug-likeness (QED) is 0.481. The normalized spacial score (nSPS) is 10.1. The molecule has 0 atom stereocenters. The standard InChI is InChI=1S/C16H16O6/c1-19-15-8-12(3-5-13(15)18)10-21-22-14-6-4-11(9-17)7-16(14)20-2/h3-9,18H,10H2,1-2H3. The largest absolute Gasteiger partial charge is 0.504 e. The van der Waals surface area contributed by atoms with Gasteiger partial charge in [0.15, 0.2) is 17.2 Å². The highest BCUT2D eigenvalue weighted by Crippen LogP contribution is 2.29. The fourth-order valence-electron chi connectivity index (χ4n) is 1.80. The van der Waals surface area contributed by atoms with E-state index >= 15 is 0 Å². The van der Waals surface area contributed by atoms with Crippen molar-refractivity contribution in [2.75, 3.05) is 14.2 Å². The van der Waals surface area contributed by atoms with Gasteiger partial charge in [-0.2, -0.15) is 4.89 Å². The molecule has 2 aromatic carbocycles. The van der Waals surface area contributed by atoms with E-state index in [0.29, 0.717) is 22.8 Å². The molecule has 2 rings (SSSR count). The van der Waals surface area contributed by atoms with Gasteiger partial charge in [-0.05, 0) is 35.9 Å². The maximum absolute atomic E-state index is 10.7. The smallest absolute Gasteiger partial charge is 0.207 e. The molecule has 22 heavy (non-hydrogen) atoms. The lowest BCUT2D eigenvalue weighted by Crippen LogP contribution is -2.00. The SMILES string of the molecule is COc1cc(COOc2ccc(C=O)cc2OC)ccc1O. The molecule has 0 fully saturated rings. The summed E-state index contributed by atoms with van der Waals surface area (Å²) >= 11 is 0. The zero-order valence-corrected chi connectivity index (χ0v) is 12.2. The molecule has 116 valence electrons. The van der Waals surface area contributed by atoms with Gasteiger partial charge < -0.3 is 19.5 Å². The minimum Gasteiger partial charge on any atom is -0.504 e. The van der Waals surface area contributed by atoms with Gasteiger partial charge in [0, 0.05) is 5.56 Å². The fraction of sp³-hybridized carbons (Fsp3) is 0.188. The average molecular weight is 304 g/mol. The average Bonchev–Trinajstić information content (AvgIpc) is 2.56. The number of phenolic OH excluding ortho intramolecular Hbond substituents is 1. The third-order valence-electron chi connectivity index (χ3n) is 2.94. The predicted octanol–water partition coefficient (Wildman–Crippen LogP) is 2.73. The van der Waals surface area contributed by atoms with Crippen molar-refractivity contribution < 1.29 is 29.1 Å². The first-order chi connectivity index (χ1) is 10.7. The first-order valence-corrected chi connectivity index (χ1v) is 6.46. The van der Waals surface area contributed by atoms with Crippen molar-refractivity contribution in [2.45, 2.75) is 6.61 Å². The summed E-state index contributed by atoms with van der Waals surface area (Å²) < 4.78 is 10.1. The Hall–Kier alpha value is -2.73. The second-order valence-electron chi connectivity index (χ2n) is 4.38. The van der Waals surface area contributed by atoms with Gasteiger partial charge in [0.1, 0.15) is 12.9 Å². The number of benzene rings is 2. The van der Waals surface area contributed by atoms with Gasteiger partial charge >= 0.3 is 0 Å². The summed E-state index contributed by atoms with van der Waals surface area (Å²) in [5.74, 6) is 1.17. The Morgan fingerprint density at radius 1 is 1.00 bits per heavy atom. The molecule has 0 radical (unpaired) electrons. The Labute approximate surface area is 127 Å². The molecule has 0 saturated carbocycles. The Bertz CT molecular complexity index is 653. The molecule has 0 heterocycles. The van der Waals surface area contributed by atoms with Crippen LogP contribution in [0, 0.1) is 0 Å². The van der Waals surface area contributed by atoms with E-state index in [0.717, 1.165) is 11.8 Å². The third kappa shape index (κ3) is 3.67. The summed E-state index contributed by atoms with van der Waals surface area (Å²) in [5, 5.41) is 9.51. The number of rotatable bonds is 7. The summed E-state index contributed by atoms with van der Waals surface area (Å²) in [6.45, 7) is 0.148. The molecule has 0 amide bonds. The second kappa shape index (κ2) is 7.33. The highest BCUT2D eigenvalue weighted by Gasteiger charge is 2.08. The Morgan fingerprint density at radius 3 is 2.45 bits per heavy atom. The van der Waals surface area contributed by atoms with Crippen LogP contribution >= 0.6 is 0 Å². The van der Waals surface area contributed by atoms with Crippen molar-refractivity contribution in [1.82, 2.24) is 0 Å². The number of carbonyl (C=O) groups excluding carboxylic acids is 1. The molecule has 2 aromatic rings. The lowest BCUT2D eigenvalue weighted by molar-refractivity contribution is -0.218. The van der Waals surface area contributed by atoms with Crippen LogP contribution in [0.1, 0.15) is 15.9 Å². The van der Waals surface area contributed by atoms with E-state index in [4.69, 9.17) is 19.2 Å². The van der Waals surface area contributed by atoms with Gasteiger partial charge in [0.2, 0.25) is 5.75 Å². The van der Waals surface area contributed by atoms with E-state index in [9.17, 15) is 9.90 Å². The molecule has 6 heteroatoms. The number of ether oxygens (including phenoxy) is 2. The molecule has 0 aliphatic heterocycles. The molecular formula is C16H16O6. The van der Waals surface area contributed by atoms with Crippen molar-refractivity contribution in [3.05, 3.63) is 47.5 Å². The van der Waals surface area contributed by atoms with Crippen LogP contribution < -0.4 is 14.4 Å². The molecule has 0 bridgehead atoms. The number of carbonyl (C=O) groups is 1. The Kier molecular flexibility index (Phi) is 5.21. The molecule has 0 unspecified atom stereocenters. The zero-order valence-electron chi connectivity index (χ0n) is 12.2. The zero-order chi connectivity index (χ0) is 15.9. The lowest BCUT2D eigenvalue weighted by atomic mass is 10.2. The molecule has 0 aromatic heterocycles. The van der Waals surface area contributed by atoms with Crippen molar-refractivity contribution in [2.24, 2.45) is 0 Å². The topological polar surface area (TPSA) is 74.2 Å². The van der Waals surface area contributed by atoms with E-state index < -0.39 is 0 Å². The highest BCUT2D eigenvalue weighted by atomic mass is 17.2. The van der Waals surface area contributed by atoms with Crippen molar-refractivity contribution in [3.8, 4) is 23.0 Å². The van der Waals surface area contributed by atoms with Gasteiger partial charge in [-0.3, -0.25) is 4.79 Å². The predicted molar refractivity (Wildman–Crippen MR) is 78.5 cm³/mol. The summed E-state index contributed by atoms with van der Waals surface area (Å²) in [5.41, 5.74) is 1.24. The maximum Gasteiger partial charge on any atom is 0.207 e. The summed E-state index contributed by atoms with van der Waals surface area (Å²) in [7, 11) is 2.94. The summed E-state index contributed by atoms with van der Waals surface area (Å²) in [4.78, 5) is 21.1. The van der Waals surface area contributed by atoms with Crippen molar-refractivity contribution in [1.29, 1.82) is 0 Å². The molecule has 1 N–H and O–H groups in total. The van der Waals surface area contributed by atoms with Crippen LogP contribution in [-0.4, -0.2) is 25.6 Å². The highest BCUT2D eigenvalue weighted by molar-refractivity contribution is 5.76. The maximum atomic E-state index is 10.7. The van der Waals surface area contributed by atoms with Gasteiger partial charge in [-0.25, -0.2) is 0 Å². The fourth-order valence-corrected chi connectivity index (χ4v) is 1.80. The summed E-state index contributed by atoms with van der Waals surface area (Å²) in [6, 6.07) is 9.57. The van der Waals surface area contributed by atoms with Gasteiger partial charge in [-0.1, -0.05) is 6.07 Å². The minimum absolute atomic E-state index is 0.0540. The number of phenols is 1.